The number of nitrogens with zero attached hydrogens (tertiary/aromatic N) is 2. The molecule has 2 aromatic rings. The highest BCUT2D eigenvalue weighted by atomic mass is 16.5. The maximum absolute atomic E-state index is 13.6. The standard InChI is InChI=1S/C24H25N3O3/c1-14-5-3-4-6-18(14)25-23(29)24-11-9-19-22(28)26-12-10-15-13-16(30-2)7-8-17(15)20(26)21(24)27(19)24/h3-8,13,19-21H,9-12H2,1-2H3,(H,25,29). The van der Waals surface area contributed by atoms with Crippen LogP contribution in [0.1, 0.15) is 35.6 Å². The lowest BCUT2D eigenvalue weighted by Gasteiger charge is -2.43. The monoisotopic (exact) mass is 403 g/mol. The van der Waals surface area contributed by atoms with E-state index in [1.807, 2.05) is 42.2 Å². The second-order valence-electron chi connectivity index (χ2n) is 8.89. The van der Waals surface area contributed by atoms with Gasteiger partial charge in [-0.3, -0.25) is 14.5 Å². The molecule has 4 aliphatic rings. The van der Waals surface area contributed by atoms with E-state index in [0.717, 1.165) is 41.8 Å². The van der Waals surface area contributed by atoms with Crippen molar-refractivity contribution in [3.05, 3.63) is 59.2 Å². The molecule has 4 heterocycles. The number of piperazine rings is 1. The number of para-hydroxylation sites is 1. The molecule has 0 bridgehead atoms. The summed E-state index contributed by atoms with van der Waals surface area (Å²) >= 11 is 0. The van der Waals surface area contributed by atoms with Crippen molar-refractivity contribution in [2.24, 2.45) is 0 Å². The van der Waals surface area contributed by atoms with Gasteiger partial charge in [-0.15, -0.1) is 0 Å². The van der Waals surface area contributed by atoms with Gasteiger partial charge in [-0.1, -0.05) is 24.3 Å². The minimum absolute atomic E-state index is 0.0274. The Morgan fingerprint density at radius 1 is 1.23 bits per heavy atom. The molecular formula is C24H25N3O3. The summed E-state index contributed by atoms with van der Waals surface area (Å²) < 4.78 is 5.40. The topological polar surface area (TPSA) is 61.6 Å². The molecule has 0 spiro atoms. The third-order valence-corrected chi connectivity index (χ3v) is 7.60. The maximum Gasteiger partial charge on any atom is 0.246 e. The number of hydrogen-bond acceptors (Lipinski definition) is 4. The zero-order valence-electron chi connectivity index (χ0n) is 17.2. The number of anilines is 1. The van der Waals surface area contributed by atoms with Crippen molar-refractivity contribution in [3.8, 4) is 5.75 Å². The van der Waals surface area contributed by atoms with Gasteiger partial charge in [-0.05, 0) is 61.1 Å². The minimum atomic E-state index is -0.587. The first-order chi connectivity index (χ1) is 14.6. The molecule has 6 heteroatoms. The quantitative estimate of drug-likeness (QED) is 0.801. The van der Waals surface area contributed by atoms with Crippen LogP contribution in [-0.2, 0) is 16.0 Å². The number of carbonyl (C=O) groups excluding carboxylic acids is 2. The number of rotatable bonds is 3. The summed E-state index contributed by atoms with van der Waals surface area (Å²) in [5.74, 6) is 1.05. The van der Waals surface area contributed by atoms with Crippen molar-refractivity contribution >= 4 is 17.5 Å². The fourth-order valence-electron chi connectivity index (χ4n) is 6.13. The van der Waals surface area contributed by atoms with E-state index >= 15 is 0 Å². The molecule has 3 fully saturated rings. The summed E-state index contributed by atoms with van der Waals surface area (Å²) in [5, 5.41) is 3.17. The van der Waals surface area contributed by atoms with Gasteiger partial charge in [0.05, 0.1) is 25.2 Å². The van der Waals surface area contributed by atoms with Crippen LogP contribution in [0, 0.1) is 6.92 Å². The lowest BCUT2D eigenvalue weighted by atomic mass is 9.82. The Balaban J connectivity index is 1.39. The van der Waals surface area contributed by atoms with E-state index in [1.165, 1.54) is 5.56 Å². The summed E-state index contributed by atoms with van der Waals surface area (Å²) in [6.07, 6.45) is 2.33. The molecule has 1 N–H and O–H groups in total. The Morgan fingerprint density at radius 2 is 2.07 bits per heavy atom. The first-order valence-electron chi connectivity index (χ1n) is 10.7. The van der Waals surface area contributed by atoms with Crippen LogP contribution in [0.4, 0.5) is 5.69 Å². The molecule has 0 aliphatic carbocycles. The highest BCUT2D eigenvalue weighted by Gasteiger charge is 2.79. The van der Waals surface area contributed by atoms with Crippen LogP contribution >= 0.6 is 0 Å². The van der Waals surface area contributed by atoms with Crippen LogP contribution in [-0.4, -0.2) is 52.9 Å². The highest BCUT2D eigenvalue weighted by Crippen LogP contribution is 2.63. The number of piperidine rings is 1. The van der Waals surface area contributed by atoms with Gasteiger partial charge in [0.15, 0.2) is 0 Å². The number of hydrogen-bond donors (Lipinski definition) is 1. The lowest BCUT2D eigenvalue weighted by Crippen LogP contribution is -2.54. The summed E-state index contributed by atoms with van der Waals surface area (Å²) in [6, 6.07) is 13.8. The van der Waals surface area contributed by atoms with E-state index in [2.05, 4.69) is 22.3 Å². The summed E-state index contributed by atoms with van der Waals surface area (Å²) in [5.41, 5.74) is 3.69. The lowest BCUT2D eigenvalue weighted by molar-refractivity contribution is -0.142. The Morgan fingerprint density at radius 3 is 2.87 bits per heavy atom. The zero-order valence-corrected chi connectivity index (χ0v) is 17.2. The van der Waals surface area contributed by atoms with Crippen molar-refractivity contribution in [1.82, 2.24) is 9.80 Å². The molecule has 2 amide bonds. The Labute approximate surface area is 175 Å². The van der Waals surface area contributed by atoms with Crippen LogP contribution in [0.5, 0.6) is 5.75 Å². The van der Waals surface area contributed by atoms with E-state index in [4.69, 9.17) is 4.74 Å². The van der Waals surface area contributed by atoms with Crippen LogP contribution in [0.3, 0.4) is 0 Å². The van der Waals surface area contributed by atoms with Gasteiger partial charge < -0.3 is 15.0 Å². The number of carbonyl (C=O) groups is 2. The van der Waals surface area contributed by atoms with Gasteiger partial charge >= 0.3 is 0 Å². The maximum atomic E-state index is 13.6. The fraction of sp³-hybridized carbons (Fsp3) is 0.417. The van der Waals surface area contributed by atoms with Crippen molar-refractivity contribution in [3.63, 3.8) is 0 Å². The van der Waals surface area contributed by atoms with Gasteiger partial charge in [-0.25, -0.2) is 0 Å². The number of amides is 2. The SMILES string of the molecule is COc1ccc2c(c1)CCN1C(=O)C3CCC4(C(=O)Nc5ccccc5C)C(C21)N34. The smallest absolute Gasteiger partial charge is 0.246 e. The van der Waals surface area contributed by atoms with Crippen molar-refractivity contribution in [1.29, 1.82) is 0 Å². The average molecular weight is 403 g/mol. The molecule has 0 aromatic heterocycles. The molecule has 4 aliphatic heterocycles. The van der Waals surface area contributed by atoms with E-state index in [1.54, 1.807) is 7.11 Å². The largest absolute Gasteiger partial charge is 0.497 e. The third kappa shape index (κ3) is 2.17. The van der Waals surface area contributed by atoms with Gasteiger partial charge in [0.2, 0.25) is 11.8 Å². The van der Waals surface area contributed by atoms with Gasteiger partial charge in [-0.2, -0.15) is 0 Å². The third-order valence-electron chi connectivity index (χ3n) is 7.60. The van der Waals surface area contributed by atoms with Gasteiger partial charge in [0, 0.05) is 12.2 Å². The zero-order chi connectivity index (χ0) is 20.6. The number of methoxy groups -OCH3 is 1. The summed E-state index contributed by atoms with van der Waals surface area (Å²) in [6.45, 7) is 2.71. The number of benzene rings is 2. The molecular weight excluding hydrogens is 378 g/mol. The summed E-state index contributed by atoms with van der Waals surface area (Å²) in [7, 11) is 1.67. The molecule has 6 nitrogen and oxygen atoms in total. The van der Waals surface area contributed by atoms with Crippen LogP contribution in [0.15, 0.2) is 42.5 Å². The first kappa shape index (κ1) is 18.0. The second kappa shape index (κ2) is 6.08. The molecule has 5 unspecified atom stereocenters. The molecule has 30 heavy (non-hydrogen) atoms. The molecule has 3 saturated heterocycles. The van der Waals surface area contributed by atoms with E-state index in [0.29, 0.717) is 6.54 Å². The molecule has 6 rings (SSSR count). The number of ether oxygens (including phenoxy) is 1. The van der Waals surface area contributed by atoms with Crippen molar-refractivity contribution in [2.75, 3.05) is 19.0 Å². The Kier molecular flexibility index (Phi) is 3.64. The highest BCUT2D eigenvalue weighted by molar-refractivity contribution is 6.04. The number of aryl methyl sites for hydroxylation is 1. The number of nitrogens with one attached hydrogen (secondary N) is 1. The predicted octanol–water partition coefficient (Wildman–Crippen LogP) is 2.67. The van der Waals surface area contributed by atoms with E-state index in [9.17, 15) is 9.59 Å². The molecule has 2 aromatic carbocycles. The number of fused-ring (bicyclic) bond motifs is 5. The molecule has 0 radical (unpaired) electrons. The van der Waals surface area contributed by atoms with Gasteiger partial charge in [0.25, 0.3) is 0 Å². The molecule has 154 valence electrons. The van der Waals surface area contributed by atoms with Crippen LogP contribution < -0.4 is 10.1 Å². The van der Waals surface area contributed by atoms with Crippen molar-refractivity contribution in [2.45, 2.75) is 49.9 Å². The van der Waals surface area contributed by atoms with Crippen LogP contribution in [0.25, 0.3) is 0 Å². The Hall–Kier alpha value is -2.86. The van der Waals surface area contributed by atoms with Crippen molar-refractivity contribution < 1.29 is 14.3 Å². The fourth-order valence-corrected chi connectivity index (χ4v) is 6.13. The first-order valence-corrected chi connectivity index (χ1v) is 10.7. The predicted molar refractivity (Wildman–Crippen MR) is 112 cm³/mol. The molecule has 0 saturated carbocycles. The molecule has 5 atom stereocenters. The minimum Gasteiger partial charge on any atom is -0.497 e. The van der Waals surface area contributed by atoms with Crippen LogP contribution in [0.2, 0.25) is 0 Å². The summed E-state index contributed by atoms with van der Waals surface area (Å²) in [4.78, 5) is 31.1. The average Bonchev–Trinajstić information content (AvgIpc) is 3.26. The van der Waals surface area contributed by atoms with E-state index < -0.39 is 5.54 Å². The second-order valence-corrected chi connectivity index (χ2v) is 8.89. The van der Waals surface area contributed by atoms with E-state index in [-0.39, 0.29) is 29.9 Å². The Bertz CT molecular complexity index is 1080. The normalized spacial score (nSPS) is 32.7. The van der Waals surface area contributed by atoms with Gasteiger partial charge in [0.1, 0.15) is 11.3 Å².